The van der Waals surface area contributed by atoms with Gasteiger partial charge in [-0.15, -0.1) is 0 Å². The van der Waals surface area contributed by atoms with Crippen molar-refractivity contribution >= 4 is 25.6 Å². The highest BCUT2D eigenvalue weighted by atomic mass is 32.2. The molecular formula is C20H22O7S2. The first-order valence-corrected chi connectivity index (χ1v) is 12.1. The van der Waals surface area contributed by atoms with E-state index in [4.69, 9.17) is 9.47 Å². The highest BCUT2D eigenvalue weighted by Gasteiger charge is 2.45. The van der Waals surface area contributed by atoms with Gasteiger partial charge in [-0.1, -0.05) is 24.3 Å². The Bertz CT molecular complexity index is 1130. The van der Waals surface area contributed by atoms with Crippen LogP contribution in [0, 0.1) is 0 Å². The van der Waals surface area contributed by atoms with Gasteiger partial charge in [-0.25, -0.2) is 21.6 Å². The minimum absolute atomic E-state index is 0.0231. The van der Waals surface area contributed by atoms with Gasteiger partial charge < -0.3 is 9.47 Å². The van der Waals surface area contributed by atoms with Crippen molar-refractivity contribution in [2.24, 2.45) is 0 Å². The van der Waals surface area contributed by atoms with E-state index in [1.165, 1.54) is 30.3 Å². The zero-order valence-corrected chi connectivity index (χ0v) is 17.9. The molecule has 9 heteroatoms. The molecule has 0 spiro atoms. The van der Waals surface area contributed by atoms with Gasteiger partial charge in [-0.05, 0) is 45.0 Å². The monoisotopic (exact) mass is 438 g/mol. The van der Waals surface area contributed by atoms with E-state index < -0.39 is 48.9 Å². The van der Waals surface area contributed by atoms with E-state index in [-0.39, 0.29) is 21.1 Å². The molecule has 156 valence electrons. The van der Waals surface area contributed by atoms with Crippen molar-refractivity contribution in [1.82, 2.24) is 0 Å². The van der Waals surface area contributed by atoms with Crippen LogP contribution in [0.4, 0.5) is 0 Å². The molecule has 0 saturated carbocycles. The molecule has 1 atom stereocenters. The zero-order valence-electron chi connectivity index (χ0n) is 16.3. The van der Waals surface area contributed by atoms with Crippen molar-refractivity contribution in [2.75, 3.05) is 12.4 Å². The molecule has 1 heterocycles. The molecule has 1 aliphatic rings. The number of rotatable bonds is 5. The summed E-state index contributed by atoms with van der Waals surface area (Å²) in [6, 6.07) is 11.9. The van der Waals surface area contributed by atoms with Crippen molar-refractivity contribution in [3.05, 3.63) is 54.1 Å². The maximum atomic E-state index is 13.2. The molecule has 1 aliphatic heterocycles. The Hall–Kier alpha value is -2.39. The number of hydrogen-bond acceptors (Lipinski definition) is 7. The van der Waals surface area contributed by atoms with Gasteiger partial charge in [0.25, 0.3) is 0 Å². The zero-order chi connectivity index (χ0) is 21.4. The molecule has 29 heavy (non-hydrogen) atoms. The second-order valence-corrected chi connectivity index (χ2v) is 11.8. The minimum Gasteiger partial charge on any atom is -0.482 e. The molecule has 1 unspecified atom stereocenters. The number of hydrogen-bond donors (Lipinski definition) is 0. The summed E-state index contributed by atoms with van der Waals surface area (Å²) >= 11 is 0. The molecule has 0 amide bonds. The van der Waals surface area contributed by atoms with E-state index >= 15 is 0 Å². The standard InChI is InChI=1S/C20H22O7S2/c1-20(2,3)27-18(21)12-26-15-10-7-11-16-19(15)17(13-28(16,22)23)29(24,25)14-8-5-4-6-9-14/h4-11,17H,12-13H2,1-3H3. The summed E-state index contributed by atoms with van der Waals surface area (Å²) in [7, 11) is -7.80. The molecule has 0 bridgehead atoms. The number of ether oxygens (including phenoxy) is 2. The first-order chi connectivity index (χ1) is 13.4. The van der Waals surface area contributed by atoms with E-state index in [0.717, 1.165) is 0 Å². The van der Waals surface area contributed by atoms with Crippen LogP contribution in [0.15, 0.2) is 58.3 Å². The van der Waals surface area contributed by atoms with Crippen LogP contribution in [0.1, 0.15) is 31.6 Å². The summed E-state index contributed by atoms with van der Waals surface area (Å²) in [6.07, 6.45) is 0. The lowest BCUT2D eigenvalue weighted by atomic mass is 10.1. The third kappa shape index (κ3) is 4.45. The van der Waals surface area contributed by atoms with Crippen molar-refractivity contribution in [3.63, 3.8) is 0 Å². The molecule has 0 N–H and O–H groups in total. The van der Waals surface area contributed by atoms with Gasteiger partial charge in [0, 0.05) is 5.56 Å². The Morgan fingerprint density at radius 1 is 1.07 bits per heavy atom. The van der Waals surface area contributed by atoms with Crippen molar-refractivity contribution in [1.29, 1.82) is 0 Å². The van der Waals surface area contributed by atoms with Gasteiger partial charge in [0.1, 0.15) is 16.6 Å². The van der Waals surface area contributed by atoms with E-state index in [2.05, 4.69) is 0 Å². The van der Waals surface area contributed by atoms with Crippen LogP contribution < -0.4 is 4.74 Å². The van der Waals surface area contributed by atoms with Crippen LogP contribution in [0.5, 0.6) is 5.75 Å². The van der Waals surface area contributed by atoms with Gasteiger partial charge >= 0.3 is 5.97 Å². The Kier molecular flexibility index (Phi) is 5.48. The summed E-state index contributed by atoms with van der Waals surface area (Å²) in [5.74, 6) is -1.18. The molecule has 2 aromatic carbocycles. The van der Waals surface area contributed by atoms with Crippen LogP contribution in [-0.2, 0) is 29.2 Å². The number of benzene rings is 2. The molecule has 0 aromatic heterocycles. The second-order valence-electron chi connectivity index (χ2n) is 7.67. The molecule has 0 radical (unpaired) electrons. The fourth-order valence-corrected chi connectivity index (χ4v) is 7.49. The number of carbonyl (C=O) groups is 1. The molecular weight excluding hydrogens is 416 g/mol. The summed E-state index contributed by atoms with van der Waals surface area (Å²) in [5.41, 5.74) is -0.651. The Balaban J connectivity index is 2.00. The average Bonchev–Trinajstić information content (AvgIpc) is 2.92. The van der Waals surface area contributed by atoms with Crippen molar-refractivity contribution in [3.8, 4) is 5.75 Å². The predicted molar refractivity (Wildman–Crippen MR) is 106 cm³/mol. The first kappa shape index (κ1) is 21.3. The summed E-state index contributed by atoms with van der Waals surface area (Å²) < 4.78 is 62.2. The predicted octanol–water partition coefficient (Wildman–Crippen LogP) is 2.71. The van der Waals surface area contributed by atoms with Gasteiger partial charge in [-0.3, -0.25) is 0 Å². The van der Waals surface area contributed by atoms with Crippen molar-refractivity contribution < 1.29 is 31.1 Å². The van der Waals surface area contributed by atoms with E-state index in [9.17, 15) is 21.6 Å². The van der Waals surface area contributed by atoms with Crippen LogP contribution in [0.3, 0.4) is 0 Å². The van der Waals surface area contributed by atoms with Gasteiger partial charge in [-0.2, -0.15) is 0 Å². The van der Waals surface area contributed by atoms with Crippen molar-refractivity contribution in [2.45, 2.75) is 41.4 Å². The number of fused-ring (bicyclic) bond motifs is 1. The summed E-state index contributed by atoms with van der Waals surface area (Å²) in [4.78, 5) is 11.9. The van der Waals surface area contributed by atoms with Gasteiger partial charge in [0.05, 0.1) is 15.5 Å². The molecule has 2 aromatic rings. The van der Waals surface area contributed by atoms with Gasteiger partial charge in [0.2, 0.25) is 0 Å². The minimum atomic E-state index is -3.99. The summed E-state index contributed by atoms with van der Waals surface area (Å²) in [6.45, 7) is 4.66. The van der Waals surface area contributed by atoms with Crippen LogP contribution in [-0.4, -0.2) is 40.8 Å². The SMILES string of the molecule is CC(C)(C)OC(=O)COc1cccc2c1C(S(=O)(=O)c1ccccc1)CS2(=O)=O. The smallest absolute Gasteiger partial charge is 0.344 e. The van der Waals surface area contributed by atoms with E-state index in [0.29, 0.717) is 0 Å². The Morgan fingerprint density at radius 2 is 1.72 bits per heavy atom. The number of esters is 1. The quantitative estimate of drug-likeness (QED) is 0.661. The normalized spacial score (nSPS) is 18.1. The first-order valence-electron chi connectivity index (χ1n) is 8.91. The topological polar surface area (TPSA) is 104 Å². The third-order valence-electron chi connectivity index (χ3n) is 4.27. The lowest BCUT2D eigenvalue weighted by Gasteiger charge is -2.20. The van der Waals surface area contributed by atoms with Crippen LogP contribution in [0.2, 0.25) is 0 Å². The lowest BCUT2D eigenvalue weighted by molar-refractivity contribution is -0.157. The lowest BCUT2D eigenvalue weighted by Crippen LogP contribution is -2.27. The molecule has 0 saturated heterocycles. The third-order valence-corrected chi connectivity index (χ3v) is 8.36. The highest BCUT2D eigenvalue weighted by molar-refractivity contribution is 7.96. The maximum absolute atomic E-state index is 13.2. The average molecular weight is 439 g/mol. The van der Waals surface area contributed by atoms with Crippen LogP contribution in [0.25, 0.3) is 0 Å². The second kappa shape index (κ2) is 7.46. The fourth-order valence-electron chi connectivity index (χ4n) is 3.14. The molecule has 0 fully saturated rings. The largest absolute Gasteiger partial charge is 0.482 e. The molecule has 0 aliphatic carbocycles. The maximum Gasteiger partial charge on any atom is 0.344 e. The Morgan fingerprint density at radius 3 is 2.34 bits per heavy atom. The van der Waals surface area contributed by atoms with E-state index in [1.54, 1.807) is 39.0 Å². The molecule has 3 rings (SSSR count). The molecule has 7 nitrogen and oxygen atoms in total. The van der Waals surface area contributed by atoms with E-state index in [1.807, 2.05) is 0 Å². The Labute approximate surface area is 170 Å². The summed E-state index contributed by atoms with van der Waals surface area (Å²) in [5, 5.41) is -1.32. The van der Waals surface area contributed by atoms with Crippen LogP contribution >= 0.6 is 0 Å². The highest BCUT2D eigenvalue weighted by Crippen LogP contribution is 2.45. The number of carbonyl (C=O) groups excluding carboxylic acids is 1. The van der Waals surface area contributed by atoms with Gasteiger partial charge in [0.15, 0.2) is 26.3 Å². The fraction of sp³-hybridized carbons (Fsp3) is 0.350. The number of sulfone groups is 2.